The molecule has 0 aliphatic carbocycles. The Hall–Kier alpha value is -2.38. The fourth-order valence-electron chi connectivity index (χ4n) is 1.90. The second-order valence-electron chi connectivity index (χ2n) is 4.09. The summed E-state index contributed by atoms with van der Waals surface area (Å²) < 4.78 is 8.40. The molecule has 2 rings (SSSR count). The highest BCUT2D eigenvalue weighted by Gasteiger charge is 2.21. The zero-order valence-corrected chi connectivity index (χ0v) is 11.1. The molecule has 0 atom stereocenters. The molecule has 8 nitrogen and oxygen atoms in total. The van der Waals surface area contributed by atoms with Gasteiger partial charge in [0, 0.05) is 21.1 Å². The van der Waals surface area contributed by atoms with E-state index in [0.29, 0.717) is 0 Å². The van der Waals surface area contributed by atoms with E-state index in [1.54, 1.807) is 6.92 Å². The summed E-state index contributed by atoms with van der Waals surface area (Å²) in [5, 5.41) is 0. The lowest BCUT2D eigenvalue weighted by atomic mass is 10.5. The van der Waals surface area contributed by atoms with Crippen LogP contribution in [0, 0.1) is 0 Å². The molecule has 0 spiro atoms. The second-order valence-corrected chi connectivity index (χ2v) is 4.09. The highest BCUT2D eigenvalue weighted by molar-refractivity contribution is 5.89. The first-order chi connectivity index (χ1) is 8.90. The van der Waals surface area contributed by atoms with Crippen LogP contribution in [0.5, 0.6) is 0 Å². The summed E-state index contributed by atoms with van der Waals surface area (Å²) in [5.41, 5.74) is -0.638. The van der Waals surface area contributed by atoms with Crippen molar-refractivity contribution in [3.05, 3.63) is 26.7 Å². The Morgan fingerprint density at radius 3 is 2.37 bits per heavy atom. The van der Waals surface area contributed by atoms with Gasteiger partial charge in [0.05, 0.1) is 6.61 Å². The first kappa shape index (κ1) is 13.1. The first-order valence-corrected chi connectivity index (χ1v) is 5.69. The van der Waals surface area contributed by atoms with E-state index in [0.717, 1.165) is 4.57 Å². The average Bonchev–Trinajstić information content (AvgIpc) is 2.72. The van der Waals surface area contributed by atoms with Crippen molar-refractivity contribution in [1.82, 2.24) is 18.7 Å². The van der Waals surface area contributed by atoms with Gasteiger partial charge in [0.1, 0.15) is 0 Å². The van der Waals surface area contributed by atoms with Crippen LogP contribution in [0.15, 0.2) is 9.59 Å². The maximum Gasteiger partial charge on any atom is 0.374 e. The van der Waals surface area contributed by atoms with Crippen molar-refractivity contribution in [3.63, 3.8) is 0 Å². The normalized spacial score (nSPS) is 10.9. The van der Waals surface area contributed by atoms with Crippen LogP contribution in [0.2, 0.25) is 0 Å². The average molecular weight is 266 g/mol. The summed E-state index contributed by atoms with van der Waals surface area (Å²) in [4.78, 5) is 39.6. The van der Waals surface area contributed by atoms with Gasteiger partial charge in [-0.15, -0.1) is 0 Å². The van der Waals surface area contributed by atoms with Crippen LogP contribution < -0.4 is 11.2 Å². The molecule has 0 aromatic carbocycles. The molecule has 0 unspecified atom stereocenters. The van der Waals surface area contributed by atoms with E-state index >= 15 is 0 Å². The monoisotopic (exact) mass is 266 g/mol. The van der Waals surface area contributed by atoms with E-state index in [1.807, 2.05) is 0 Å². The minimum absolute atomic E-state index is 0.00449. The quantitative estimate of drug-likeness (QED) is 0.660. The highest BCUT2D eigenvalue weighted by Crippen LogP contribution is 2.09. The SMILES string of the molecule is CCOC(=O)c1nc2c(c(=O)n(C)c(=O)n2C)n1C. The van der Waals surface area contributed by atoms with Crippen molar-refractivity contribution in [1.29, 1.82) is 0 Å². The fourth-order valence-corrected chi connectivity index (χ4v) is 1.90. The van der Waals surface area contributed by atoms with E-state index in [9.17, 15) is 14.4 Å². The number of hydrogen-bond acceptors (Lipinski definition) is 5. The second kappa shape index (κ2) is 4.38. The number of imidazole rings is 1. The molecule has 0 N–H and O–H groups in total. The predicted molar refractivity (Wildman–Crippen MR) is 67.2 cm³/mol. The van der Waals surface area contributed by atoms with Crippen molar-refractivity contribution in [3.8, 4) is 0 Å². The van der Waals surface area contributed by atoms with Crippen LogP contribution in [0.3, 0.4) is 0 Å². The van der Waals surface area contributed by atoms with Crippen LogP contribution >= 0.6 is 0 Å². The number of aryl methyl sites for hydroxylation is 2. The van der Waals surface area contributed by atoms with Gasteiger partial charge in [0.2, 0.25) is 5.82 Å². The summed E-state index contributed by atoms with van der Waals surface area (Å²) in [7, 11) is 4.40. The molecule has 0 fully saturated rings. The van der Waals surface area contributed by atoms with Gasteiger partial charge in [-0.2, -0.15) is 0 Å². The summed E-state index contributed by atoms with van der Waals surface area (Å²) in [5.74, 6) is -0.633. The Labute approximate surface area is 107 Å². The number of esters is 1. The van der Waals surface area contributed by atoms with Gasteiger partial charge in [0.25, 0.3) is 5.56 Å². The van der Waals surface area contributed by atoms with Crippen molar-refractivity contribution in [2.45, 2.75) is 6.92 Å². The molecule has 0 aliphatic rings. The first-order valence-electron chi connectivity index (χ1n) is 5.69. The Balaban J connectivity index is 2.89. The smallest absolute Gasteiger partial charge is 0.374 e. The standard InChI is InChI=1S/C11H14N4O4/c1-5-19-10(17)8-12-7-6(13(8)2)9(16)15(4)11(18)14(7)3/h5H2,1-4H3. The van der Waals surface area contributed by atoms with Gasteiger partial charge in [-0.25, -0.2) is 14.6 Å². The van der Waals surface area contributed by atoms with Crippen LogP contribution in [-0.2, 0) is 25.9 Å². The minimum Gasteiger partial charge on any atom is -0.460 e. The van der Waals surface area contributed by atoms with Gasteiger partial charge in [-0.3, -0.25) is 13.9 Å². The molecule has 19 heavy (non-hydrogen) atoms. The molecule has 2 heterocycles. The van der Waals surface area contributed by atoms with Crippen LogP contribution in [0.1, 0.15) is 17.5 Å². The summed E-state index contributed by atoms with van der Waals surface area (Å²) in [6.07, 6.45) is 0. The number of ether oxygens (including phenoxy) is 1. The fraction of sp³-hybridized carbons (Fsp3) is 0.455. The molecule has 0 saturated heterocycles. The number of nitrogens with zero attached hydrogens (tertiary/aromatic N) is 4. The Morgan fingerprint density at radius 1 is 1.16 bits per heavy atom. The summed E-state index contributed by atoms with van der Waals surface area (Å²) in [6.45, 7) is 1.88. The Morgan fingerprint density at radius 2 is 1.79 bits per heavy atom. The lowest BCUT2D eigenvalue weighted by Crippen LogP contribution is -2.37. The number of hydrogen-bond donors (Lipinski definition) is 0. The third-order valence-electron chi connectivity index (χ3n) is 2.93. The van der Waals surface area contributed by atoms with Crippen molar-refractivity contribution in [2.24, 2.45) is 21.1 Å². The number of carbonyl (C=O) groups excluding carboxylic acids is 1. The lowest BCUT2D eigenvalue weighted by Gasteiger charge is -2.03. The highest BCUT2D eigenvalue weighted by atomic mass is 16.5. The molecule has 102 valence electrons. The topological polar surface area (TPSA) is 88.1 Å². The van der Waals surface area contributed by atoms with Crippen LogP contribution in [-0.4, -0.2) is 31.3 Å². The van der Waals surface area contributed by atoms with Crippen molar-refractivity contribution >= 4 is 17.1 Å². The van der Waals surface area contributed by atoms with E-state index in [1.165, 1.54) is 30.3 Å². The Bertz CT molecular complexity index is 781. The molecule has 2 aromatic rings. The van der Waals surface area contributed by atoms with Crippen LogP contribution in [0.4, 0.5) is 0 Å². The van der Waals surface area contributed by atoms with Gasteiger partial charge in [-0.1, -0.05) is 0 Å². The van der Waals surface area contributed by atoms with Gasteiger partial charge >= 0.3 is 11.7 Å². The largest absolute Gasteiger partial charge is 0.460 e. The number of carbonyl (C=O) groups is 1. The lowest BCUT2D eigenvalue weighted by molar-refractivity contribution is 0.0508. The summed E-state index contributed by atoms with van der Waals surface area (Å²) in [6, 6.07) is 0. The third kappa shape index (κ3) is 1.76. The van der Waals surface area contributed by atoms with Crippen molar-refractivity contribution in [2.75, 3.05) is 6.61 Å². The molecular formula is C11H14N4O4. The van der Waals surface area contributed by atoms with E-state index in [-0.39, 0.29) is 23.6 Å². The van der Waals surface area contributed by atoms with Crippen molar-refractivity contribution < 1.29 is 9.53 Å². The zero-order valence-electron chi connectivity index (χ0n) is 11.1. The predicted octanol–water partition coefficient (Wildman–Crippen LogP) is -0.853. The summed E-state index contributed by atoms with van der Waals surface area (Å²) >= 11 is 0. The molecule has 0 amide bonds. The van der Waals surface area contributed by atoms with Crippen LogP contribution in [0.25, 0.3) is 11.2 Å². The number of aromatic nitrogens is 4. The molecule has 0 aliphatic heterocycles. The van der Waals surface area contributed by atoms with E-state index in [4.69, 9.17) is 4.74 Å². The maximum absolute atomic E-state index is 12.1. The molecular weight excluding hydrogens is 252 g/mol. The zero-order chi connectivity index (χ0) is 14.3. The van der Waals surface area contributed by atoms with E-state index in [2.05, 4.69) is 4.98 Å². The van der Waals surface area contributed by atoms with Gasteiger partial charge in [-0.05, 0) is 6.92 Å². The molecule has 2 aromatic heterocycles. The third-order valence-corrected chi connectivity index (χ3v) is 2.93. The molecule has 0 saturated carbocycles. The minimum atomic E-state index is -0.629. The maximum atomic E-state index is 12.1. The number of fused-ring (bicyclic) bond motifs is 1. The Kier molecular flexibility index (Phi) is 3.01. The molecule has 0 bridgehead atoms. The molecule has 8 heteroatoms. The molecule has 0 radical (unpaired) electrons. The number of rotatable bonds is 2. The van der Waals surface area contributed by atoms with E-state index < -0.39 is 17.2 Å². The van der Waals surface area contributed by atoms with Gasteiger partial charge in [0.15, 0.2) is 11.2 Å². The van der Waals surface area contributed by atoms with Gasteiger partial charge < -0.3 is 9.30 Å².